The van der Waals surface area contributed by atoms with Crippen LogP contribution in [0.15, 0.2) is 60.7 Å². The van der Waals surface area contributed by atoms with Crippen LogP contribution in [0.2, 0.25) is 0 Å². The van der Waals surface area contributed by atoms with E-state index >= 15 is 0 Å². The first-order valence-electron chi connectivity index (χ1n) is 6.44. The molecule has 0 aromatic heterocycles. The van der Waals surface area contributed by atoms with E-state index < -0.39 is 0 Å². The molecule has 0 radical (unpaired) electrons. The van der Waals surface area contributed by atoms with Crippen molar-refractivity contribution in [3.63, 3.8) is 0 Å². The van der Waals surface area contributed by atoms with Gasteiger partial charge >= 0.3 is 0 Å². The first-order valence-corrected chi connectivity index (χ1v) is 6.44. The van der Waals surface area contributed by atoms with E-state index in [9.17, 15) is 4.79 Å². The second kappa shape index (κ2) is 7.34. The van der Waals surface area contributed by atoms with E-state index in [-0.39, 0.29) is 5.91 Å². The molecule has 0 fully saturated rings. The van der Waals surface area contributed by atoms with Gasteiger partial charge in [-0.2, -0.15) is 0 Å². The van der Waals surface area contributed by atoms with Crippen molar-refractivity contribution >= 4 is 11.6 Å². The number of anilines is 1. The molecule has 3 heteroatoms. The largest absolute Gasteiger partial charge is 0.326 e. The number of carbonyl (C=O) groups excluding carboxylic acids is 1. The summed E-state index contributed by atoms with van der Waals surface area (Å²) in [5.41, 5.74) is 2.07. The molecule has 0 saturated heterocycles. The minimum absolute atomic E-state index is 0.0340. The highest BCUT2D eigenvalue weighted by Gasteiger charge is 2.01. The summed E-state index contributed by atoms with van der Waals surface area (Å²) in [4.78, 5) is 11.7. The lowest BCUT2D eigenvalue weighted by atomic mass is 10.2. The van der Waals surface area contributed by atoms with Gasteiger partial charge in [0.05, 0.1) is 0 Å². The lowest BCUT2D eigenvalue weighted by molar-refractivity contribution is -0.116. The Kier molecular flexibility index (Phi) is 5.14. The first-order chi connectivity index (χ1) is 9.34. The fraction of sp³-hybridized carbons (Fsp3) is 0.188. The maximum atomic E-state index is 11.7. The van der Waals surface area contributed by atoms with Gasteiger partial charge in [-0.1, -0.05) is 48.5 Å². The number of hydrogen-bond donors (Lipinski definition) is 2. The zero-order valence-electron chi connectivity index (χ0n) is 10.8. The summed E-state index contributed by atoms with van der Waals surface area (Å²) < 4.78 is 0. The Morgan fingerprint density at radius 2 is 1.53 bits per heavy atom. The fourth-order valence-corrected chi connectivity index (χ4v) is 1.78. The van der Waals surface area contributed by atoms with Gasteiger partial charge in [0, 0.05) is 25.2 Å². The summed E-state index contributed by atoms with van der Waals surface area (Å²) in [6.07, 6.45) is 0.474. The molecule has 0 unspecified atom stereocenters. The third kappa shape index (κ3) is 4.94. The van der Waals surface area contributed by atoms with Gasteiger partial charge in [0.15, 0.2) is 0 Å². The molecular weight excluding hydrogens is 236 g/mol. The van der Waals surface area contributed by atoms with Crippen LogP contribution in [0.4, 0.5) is 5.69 Å². The molecule has 0 aliphatic rings. The lowest BCUT2D eigenvalue weighted by Crippen LogP contribution is -2.21. The molecule has 2 aromatic carbocycles. The van der Waals surface area contributed by atoms with Gasteiger partial charge in [-0.05, 0) is 17.7 Å². The molecule has 0 aliphatic carbocycles. The number of nitrogens with one attached hydrogen (secondary N) is 2. The minimum Gasteiger partial charge on any atom is -0.326 e. The lowest BCUT2D eigenvalue weighted by Gasteiger charge is -2.06. The van der Waals surface area contributed by atoms with Gasteiger partial charge in [0.25, 0.3) is 0 Å². The van der Waals surface area contributed by atoms with E-state index in [1.165, 1.54) is 5.56 Å². The summed E-state index contributed by atoms with van der Waals surface area (Å²) in [7, 11) is 0. The molecule has 0 saturated carbocycles. The van der Waals surface area contributed by atoms with E-state index in [0.717, 1.165) is 12.2 Å². The average molecular weight is 254 g/mol. The maximum Gasteiger partial charge on any atom is 0.225 e. The number of amides is 1. The summed E-state index contributed by atoms with van der Waals surface area (Å²) in [5, 5.41) is 6.12. The van der Waals surface area contributed by atoms with E-state index in [1.54, 1.807) is 0 Å². The van der Waals surface area contributed by atoms with Crippen molar-refractivity contribution < 1.29 is 4.79 Å². The molecule has 98 valence electrons. The van der Waals surface area contributed by atoms with E-state index in [4.69, 9.17) is 0 Å². The van der Waals surface area contributed by atoms with Gasteiger partial charge in [0.1, 0.15) is 0 Å². The number of carbonyl (C=O) groups is 1. The standard InChI is InChI=1S/C16H18N2O/c19-16(18-15-9-5-2-6-10-15)11-12-17-13-14-7-3-1-4-8-14/h1-10,17H,11-13H2,(H,18,19). The van der Waals surface area contributed by atoms with Gasteiger partial charge in [0.2, 0.25) is 5.91 Å². The molecular formula is C16H18N2O. The Labute approximate surface area is 113 Å². The normalized spacial score (nSPS) is 10.1. The highest BCUT2D eigenvalue weighted by molar-refractivity contribution is 5.90. The van der Waals surface area contributed by atoms with Gasteiger partial charge in [-0.25, -0.2) is 0 Å². The van der Waals surface area contributed by atoms with Crippen molar-refractivity contribution in [2.75, 3.05) is 11.9 Å². The number of hydrogen-bond acceptors (Lipinski definition) is 2. The van der Waals surface area contributed by atoms with Crippen LogP contribution in [0.5, 0.6) is 0 Å². The average Bonchev–Trinajstić information content (AvgIpc) is 2.46. The van der Waals surface area contributed by atoms with E-state index in [0.29, 0.717) is 13.0 Å². The second-order valence-corrected chi connectivity index (χ2v) is 4.33. The van der Waals surface area contributed by atoms with Crippen LogP contribution < -0.4 is 10.6 Å². The van der Waals surface area contributed by atoms with Gasteiger partial charge < -0.3 is 10.6 Å². The Hall–Kier alpha value is -2.13. The Morgan fingerprint density at radius 3 is 2.21 bits per heavy atom. The van der Waals surface area contributed by atoms with Crippen LogP contribution in [0, 0.1) is 0 Å². The molecule has 1 amide bonds. The van der Waals surface area contributed by atoms with Crippen molar-refractivity contribution in [3.8, 4) is 0 Å². The quantitative estimate of drug-likeness (QED) is 0.778. The number of benzene rings is 2. The van der Waals surface area contributed by atoms with Crippen molar-refractivity contribution in [2.24, 2.45) is 0 Å². The van der Waals surface area contributed by atoms with E-state index in [1.807, 2.05) is 48.5 Å². The van der Waals surface area contributed by atoms with Crippen LogP contribution in [0.1, 0.15) is 12.0 Å². The van der Waals surface area contributed by atoms with Crippen LogP contribution in [-0.4, -0.2) is 12.5 Å². The smallest absolute Gasteiger partial charge is 0.225 e. The summed E-state index contributed by atoms with van der Waals surface area (Å²) in [5.74, 6) is 0.0340. The van der Waals surface area contributed by atoms with Crippen LogP contribution in [0.3, 0.4) is 0 Å². The fourth-order valence-electron chi connectivity index (χ4n) is 1.78. The predicted molar refractivity (Wildman–Crippen MR) is 77.8 cm³/mol. The van der Waals surface area contributed by atoms with Crippen LogP contribution >= 0.6 is 0 Å². The molecule has 2 aromatic rings. The van der Waals surface area contributed by atoms with Crippen molar-refractivity contribution in [1.29, 1.82) is 0 Å². The zero-order valence-corrected chi connectivity index (χ0v) is 10.8. The van der Waals surface area contributed by atoms with E-state index in [2.05, 4.69) is 22.8 Å². The molecule has 0 atom stereocenters. The molecule has 3 nitrogen and oxygen atoms in total. The third-order valence-corrected chi connectivity index (χ3v) is 2.76. The highest BCUT2D eigenvalue weighted by Crippen LogP contribution is 2.05. The van der Waals surface area contributed by atoms with Gasteiger partial charge in [-0.3, -0.25) is 4.79 Å². The molecule has 0 heterocycles. The molecule has 2 N–H and O–H groups in total. The minimum atomic E-state index is 0.0340. The van der Waals surface area contributed by atoms with Gasteiger partial charge in [-0.15, -0.1) is 0 Å². The zero-order chi connectivity index (χ0) is 13.3. The summed E-state index contributed by atoms with van der Waals surface area (Å²) >= 11 is 0. The van der Waals surface area contributed by atoms with Crippen molar-refractivity contribution in [2.45, 2.75) is 13.0 Å². The third-order valence-electron chi connectivity index (χ3n) is 2.76. The maximum absolute atomic E-state index is 11.7. The van der Waals surface area contributed by atoms with Crippen molar-refractivity contribution in [1.82, 2.24) is 5.32 Å². The van der Waals surface area contributed by atoms with Crippen LogP contribution in [0.25, 0.3) is 0 Å². The Morgan fingerprint density at radius 1 is 0.895 bits per heavy atom. The summed E-state index contributed by atoms with van der Waals surface area (Å²) in [6, 6.07) is 19.7. The Balaban J connectivity index is 1.65. The molecule has 0 spiro atoms. The highest BCUT2D eigenvalue weighted by atomic mass is 16.1. The number of rotatable bonds is 6. The Bertz CT molecular complexity index is 497. The SMILES string of the molecule is O=C(CCNCc1ccccc1)Nc1ccccc1. The second-order valence-electron chi connectivity index (χ2n) is 4.33. The van der Waals surface area contributed by atoms with Crippen LogP contribution in [-0.2, 0) is 11.3 Å². The molecule has 2 rings (SSSR count). The molecule has 0 aliphatic heterocycles. The number of para-hydroxylation sites is 1. The molecule has 0 bridgehead atoms. The monoisotopic (exact) mass is 254 g/mol. The first kappa shape index (κ1) is 13.3. The topological polar surface area (TPSA) is 41.1 Å². The summed E-state index contributed by atoms with van der Waals surface area (Å²) in [6.45, 7) is 1.47. The predicted octanol–water partition coefficient (Wildman–Crippen LogP) is 2.81. The van der Waals surface area contributed by atoms with Crippen molar-refractivity contribution in [3.05, 3.63) is 66.2 Å². The molecule has 19 heavy (non-hydrogen) atoms.